The van der Waals surface area contributed by atoms with Gasteiger partial charge < -0.3 is 10.2 Å². The molecule has 8 heteroatoms. The summed E-state index contributed by atoms with van der Waals surface area (Å²) < 4.78 is 16.1. The minimum atomic E-state index is -0.141. The summed E-state index contributed by atoms with van der Waals surface area (Å²) in [5, 5.41) is 12.0. The normalized spacial score (nSPS) is 15.1. The van der Waals surface area contributed by atoms with Crippen LogP contribution in [0.2, 0.25) is 0 Å². The Balaban J connectivity index is 1.17. The lowest BCUT2D eigenvalue weighted by Gasteiger charge is -2.36. The van der Waals surface area contributed by atoms with Gasteiger partial charge in [-0.15, -0.1) is 10.2 Å². The molecule has 1 saturated heterocycles. The van der Waals surface area contributed by atoms with E-state index in [4.69, 9.17) is 4.98 Å². The fraction of sp³-hybridized carbons (Fsp3) is 0.348. The monoisotopic (exact) mass is 419 g/mol. The van der Waals surface area contributed by atoms with E-state index < -0.39 is 0 Å². The molecule has 0 aliphatic carbocycles. The highest BCUT2D eigenvalue weighted by molar-refractivity contribution is 5.82. The number of aromatic nitrogens is 4. The minimum Gasteiger partial charge on any atom is -0.367 e. The largest absolute Gasteiger partial charge is 0.367 e. The van der Waals surface area contributed by atoms with Gasteiger partial charge >= 0.3 is 0 Å². The molecule has 0 radical (unpaired) electrons. The van der Waals surface area contributed by atoms with Crippen LogP contribution in [-0.4, -0.2) is 63.8 Å². The van der Waals surface area contributed by atoms with E-state index in [2.05, 4.69) is 25.3 Å². The van der Waals surface area contributed by atoms with Crippen molar-refractivity contribution in [2.24, 2.45) is 0 Å². The molecule has 0 atom stereocenters. The van der Waals surface area contributed by atoms with Gasteiger partial charge in [-0.1, -0.05) is 24.3 Å². The number of nitrogens with one attached hydrogen (secondary N) is 1. The van der Waals surface area contributed by atoms with Gasteiger partial charge in [0, 0.05) is 32.7 Å². The topological polar surface area (TPSA) is 61.6 Å². The first-order valence-electron chi connectivity index (χ1n) is 10.8. The van der Waals surface area contributed by atoms with Crippen LogP contribution in [0.1, 0.15) is 12.2 Å². The molecular weight excluding hydrogens is 393 g/mol. The van der Waals surface area contributed by atoms with Gasteiger partial charge in [0.05, 0.1) is 16.7 Å². The van der Waals surface area contributed by atoms with E-state index in [1.54, 1.807) is 6.07 Å². The molecule has 1 aliphatic heterocycles. The summed E-state index contributed by atoms with van der Waals surface area (Å²) in [5.74, 6) is 1.48. The quantitative estimate of drug-likeness (QED) is 0.484. The van der Waals surface area contributed by atoms with E-state index in [1.165, 1.54) is 6.07 Å². The van der Waals surface area contributed by atoms with Gasteiger partial charge in [-0.25, -0.2) is 9.37 Å². The molecule has 0 unspecified atom stereocenters. The second kappa shape index (κ2) is 8.47. The van der Waals surface area contributed by atoms with Crippen molar-refractivity contribution in [3.8, 4) is 0 Å². The summed E-state index contributed by atoms with van der Waals surface area (Å²) in [5.41, 5.74) is 3.40. The summed E-state index contributed by atoms with van der Waals surface area (Å²) in [6, 6.07) is 15.1. The first-order chi connectivity index (χ1) is 15.2. The first kappa shape index (κ1) is 19.7. The van der Waals surface area contributed by atoms with Crippen LogP contribution in [0, 0.1) is 12.7 Å². The van der Waals surface area contributed by atoms with Crippen molar-refractivity contribution in [2.45, 2.75) is 13.3 Å². The Morgan fingerprint density at radius 2 is 1.74 bits per heavy atom. The molecule has 4 aromatic rings. The number of nitrogens with zero attached hydrogens (tertiary/aromatic N) is 6. The fourth-order valence-corrected chi connectivity index (χ4v) is 4.27. The van der Waals surface area contributed by atoms with E-state index in [0.717, 1.165) is 74.0 Å². The lowest BCUT2D eigenvalue weighted by atomic mass is 10.2. The van der Waals surface area contributed by atoms with Gasteiger partial charge in [0.1, 0.15) is 11.6 Å². The Morgan fingerprint density at radius 3 is 2.58 bits per heavy atom. The van der Waals surface area contributed by atoms with Crippen LogP contribution >= 0.6 is 0 Å². The number of fused-ring (bicyclic) bond motifs is 3. The molecular formula is C23H26FN7. The third kappa shape index (κ3) is 3.90. The first-order valence-corrected chi connectivity index (χ1v) is 10.8. The zero-order valence-corrected chi connectivity index (χ0v) is 17.6. The van der Waals surface area contributed by atoms with E-state index in [9.17, 15) is 4.39 Å². The van der Waals surface area contributed by atoms with Gasteiger partial charge in [-0.2, -0.15) is 0 Å². The summed E-state index contributed by atoms with van der Waals surface area (Å²) in [4.78, 5) is 9.33. The molecule has 0 amide bonds. The third-order valence-electron chi connectivity index (χ3n) is 5.90. The molecule has 0 saturated carbocycles. The molecule has 160 valence electrons. The van der Waals surface area contributed by atoms with Crippen LogP contribution in [0.25, 0.3) is 16.7 Å². The smallest absolute Gasteiger partial charge is 0.204 e. The highest BCUT2D eigenvalue weighted by atomic mass is 19.1. The standard InChI is InChI=1S/C23H26FN7/c1-17-27-28-23-22(26-19-8-3-5-10-21(19)31(17)23)25-11-6-12-29-13-15-30(16-14-29)20-9-4-2-7-18(20)24/h2-5,7-10H,6,11-16H2,1H3,(H,25,26). The Bertz CT molecular complexity index is 1200. The number of benzene rings is 2. The van der Waals surface area contributed by atoms with Gasteiger partial charge in [0.2, 0.25) is 5.65 Å². The predicted molar refractivity (Wildman–Crippen MR) is 121 cm³/mol. The van der Waals surface area contributed by atoms with Crippen LogP contribution in [0.4, 0.5) is 15.9 Å². The van der Waals surface area contributed by atoms with E-state index in [1.807, 2.05) is 47.7 Å². The average molecular weight is 420 g/mol. The fourth-order valence-electron chi connectivity index (χ4n) is 4.27. The Morgan fingerprint density at radius 1 is 0.968 bits per heavy atom. The van der Waals surface area contributed by atoms with E-state index in [-0.39, 0.29) is 5.82 Å². The zero-order chi connectivity index (χ0) is 21.2. The molecule has 0 bridgehead atoms. The minimum absolute atomic E-state index is 0.141. The maximum Gasteiger partial charge on any atom is 0.204 e. The molecule has 1 aliphatic rings. The molecule has 1 N–H and O–H groups in total. The number of para-hydroxylation sites is 3. The molecule has 2 aromatic heterocycles. The Kier molecular flexibility index (Phi) is 5.38. The highest BCUT2D eigenvalue weighted by Gasteiger charge is 2.19. The maximum atomic E-state index is 14.0. The van der Waals surface area contributed by atoms with Gasteiger partial charge in [0.15, 0.2) is 5.82 Å². The Labute approximate surface area is 180 Å². The number of piperazine rings is 1. The predicted octanol–water partition coefficient (Wildman–Crippen LogP) is 3.35. The number of halogens is 1. The summed E-state index contributed by atoms with van der Waals surface area (Å²) in [6.45, 7) is 7.33. The van der Waals surface area contributed by atoms with Crippen LogP contribution in [0.15, 0.2) is 48.5 Å². The maximum absolute atomic E-state index is 14.0. The highest BCUT2D eigenvalue weighted by Crippen LogP contribution is 2.22. The van der Waals surface area contributed by atoms with Crippen molar-refractivity contribution < 1.29 is 4.39 Å². The molecule has 7 nitrogen and oxygen atoms in total. The van der Waals surface area contributed by atoms with Crippen LogP contribution in [0.3, 0.4) is 0 Å². The second-order valence-electron chi connectivity index (χ2n) is 7.92. The lowest BCUT2D eigenvalue weighted by molar-refractivity contribution is 0.256. The number of rotatable bonds is 6. The van der Waals surface area contributed by atoms with Crippen LogP contribution < -0.4 is 10.2 Å². The van der Waals surface area contributed by atoms with Crippen molar-refractivity contribution in [1.82, 2.24) is 24.5 Å². The lowest BCUT2D eigenvalue weighted by Crippen LogP contribution is -2.47. The number of hydrogen-bond acceptors (Lipinski definition) is 6. The molecule has 5 rings (SSSR count). The average Bonchev–Trinajstić information content (AvgIpc) is 3.20. The van der Waals surface area contributed by atoms with Crippen molar-refractivity contribution >= 4 is 28.2 Å². The molecule has 3 heterocycles. The number of aryl methyl sites for hydroxylation is 1. The van der Waals surface area contributed by atoms with Crippen LogP contribution in [-0.2, 0) is 0 Å². The number of hydrogen-bond donors (Lipinski definition) is 1. The second-order valence-corrected chi connectivity index (χ2v) is 7.92. The van der Waals surface area contributed by atoms with E-state index in [0.29, 0.717) is 5.69 Å². The number of anilines is 2. The van der Waals surface area contributed by atoms with Crippen molar-refractivity contribution in [2.75, 3.05) is 49.5 Å². The van der Waals surface area contributed by atoms with Crippen molar-refractivity contribution in [1.29, 1.82) is 0 Å². The van der Waals surface area contributed by atoms with Crippen molar-refractivity contribution in [3.05, 3.63) is 60.2 Å². The van der Waals surface area contributed by atoms with E-state index >= 15 is 0 Å². The SMILES string of the molecule is Cc1nnc2c(NCCCN3CCN(c4ccccc4F)CC3)nc3ccccc3n12. The molecule has 1 fully saturated rings. The Hall–Kier alpha value is -3.26. The zero-order valence-electron chi connectivity index (χ0n) is 17.6. The van der Waals surface area contributed by atoms with Gasteiger partial charge in [-0.3, -0.25) is 9.30 Å². The third-order valence-corrected chi connectivity index (χ3v) is 5.90. The molecule has 0 spiro atoms. The molecule has 31 heavy (non-hydrogen) atoms. The summed E-state index contributed by atoms with van der Waals surface area (Å²) in [7, 11) is 0. The van der Waals surface area contributed by atoms with Crippen LogP contribution in [0.5, 0.6) is 0 Å². The summed E-state index contributed by atoms with van der Waals surface area (Å²) >= 11 is 0. The summed E-state index contributed by atoms with van der Waals surface area (Å²) in [6.07, 6.45) is 0.994. The van der Waals surface area contributed by atoms with Gasteiger partial charge in [-0.05, 0) is 44.2 Å². The molecule has 2 aromatic carbocycles. The van der Waals surface area contributed by atoms with Crippen molar-refractivity contribution in [3.63, 3.8) is 0 Å². The van der Waals surface area contributed by atoms with Gasteiger partial charge in [0.25, 0.3) is 0 Å².